The van der Waals surface area contributed by atoms with E-state index in [1.54, 1.807) is 0 Å². The third kappa shape index (κ3) is 1.68. The third-order valence-electron chi connectivity index (χ3n) is 2.26. The first-order valence-corrected chi connectivity index (χ1v) is 5.11. The van der Waals surface area contributed by atoms with Crippen LogP contribution in [0.3, 0.4) is 0 Å². The van der Waals surface area contributed by atoms with Gasteiger partial charge < -0.3 is 4.57 Å². The number of allylic oxidation sites excluding steroid dienone is 1. The maximum Gasteiger partial charge on any atom is 0.0483 e. The van der Waals surface area contributed by atoms with Crippen LogP contribution in [0, 0.1) is 0 Å². The van der Waals surface area contributed by atoms with Gasteiger partial charge in [-0.05, 0) is 23.1 Å². The van der Waals surface area contributed by atoms with Crippen molar-refractivity contribution in [2.24, 2.45) is 0 Å². The van der Waals surface area contributed by atoms with Gasteiger partial charge in [-0.25, -0.2) is 0 Å². The van der Waals surface area contributed by atoms with Crippen molar-refractivity contribution >= 4 is 22.5 Å². The Hall–Kier alpha value is -1.21. The van der Waals surface area contributed by atoms with Crippen molar-refractivity contribution in [3.8, 4) is 0 Å². The SMILES string of the molecule is C=C(CCl)Cn1ccc2ccccc21. The largest absolute Gasteiger partial charge is 0.343 e. The molecule has 0 aliphatic carbocycles. The molecule has 72 valence electrons. The number of hydrogen-bond donors (Lipinski definition) is 0. The number of para-hydroxylation sites is 1. The second-order valence-corrected chi connectivity index (χ2v) is 3.65. The predicted octanol–water partition coefficient (Wildman–Crippen LogP) is 3.44. The summed E-state index contributed by atoms with van der Waals surface area (Å²) >= 11 is 5.71. The Bertz CT molecular complexity index is 456. The number of halogens is 1. The van der Waals surface area contributed by atoms with Gasteiger partial charge in [-0.3, -0.25) is 0 Å². The Morgan fingerprint density at radius 3 is 2.86 bits per heavy atom. The molecule has 1 nitrogen and oxygen atoms in total. The van der Waals surface area contributed by atoms with Crippen molar-refractivity contribution < 1.29 is 0 Å². The highest BCUT2D eigenvalue weighted by atomic mass is 35.5. The van der Waals surface area contributed by atoms with E-state index < -0.39 is 0 Å². The van der Waals surface area contributed by atoms with Gasteiger partial charge >= 0.3 is 0 Å². The molecule has 0 saturated carbocycles. The lowest BCUT2D eigenvalue weighted by molar-refractivity contribution is 0.824. The van der Waals surface area contributed by atoms with Crippen LogP contribution in [0.1, 0.15) is 0 Å². The van der Waals surface area contributed by atoms with Gasteiger partial charge in [-0.2, -0.15) is 0 Å². The Morgan fingerprint density at radius 1 is 1.29 bits per heavy atom. The van der Waals surface area contributed by atoms with Gasteiger partial charge in [0, 0.05) is 24.1 Å². The summed E-state index contributed by atoms with van der Waals surface area (Å²) in [6.45, 7) is 4.70. The molecule has 2 aromatic rings. The van der Waals surface area contributed by atoms with Gasteiger partial charge in [-0.1, -0.05) is 24.8 Å². The molecule has 0 unspecified atom stereocenters. The highest BCUT2D eigenvalue weighted by Gasteiger charge is 2.00. The average Bonchev–Trinajstić information content (AvgIpc) is 2.62. The van der Waals surface area contributed by atoms with E-state index >= 15 is 0 Å². The summed E-state index contributed by atoms with van der Waals surface area (Å²) < 4.78 is 2.17. The molecule has 1 aromatic heterocycles. The lowest BCUT2D eigenvalue weighted by Gasteiger charge is -2.05. The van der Waals surface area contributed by atoms with Crippen LogP contribution in [-0.2, 0) is 6.54 Å². The van der Waals surface area contributed by atoms with Crippen LogP contribution in [0.25, 0.3) is 10.9 Å². The van der Waals surface area contributed by atoms with Crippen LogP contribution in [0.5, 0.6) is 0 Å². The lowest BCUT2D eigenvalue weighted by atomic mass is 10.2. The van der Waals surface area contributed by atoms with Crippen molar-refractivity contribution in [2.75, 3.05) is 5.88 Å². The molecule has 0 saturated heterocycles. The summed E-state index contributed by atoms with van der Waals surface area (Å²) in [5.74, 6) is 0.520. The zero-order valence-corrected chi connectivity index (χ0v) is 8.67. The Morgan fingerprint density at radius 2 is 2.07 bits per heavy atom. The quantitative estimate of drug-likeness (QED) is 0.535. The second kappa shape index (κ2) is 3.89. The van der Waals surface area contributed by atoms with E-state index in [4.69, 9.17) is 11.6 Å². The lowest BCUT2D eigenvalue weighted by Crippen LogP contribution is -1.99. The summed E-state index contributed by atoms with van der Waals surface area (Å²) in [6.07, 6.45) is 2.07. The summed E-state index contributed by atoms with van der Waals surface area (Å²) in [7, 11) is 0. The number of nitrogens with zero attached hydrogens (tertiary/aromatic N) is 1. The maximum absolute atomic E-state index is 5.71. The summed E-state index contributed by atoms with van der Waals surface area (Å²) in [4.78, 5) is 0. The summed E-state index contributed by atoms with van der Waals surface area (Å²) in [6, 6.07) is 10.4. The number of hydrogen-bond acceptors (Lipinski definition) is 0. The molecule has 0 atom stereocenters. The van der Waals surface area contributed by atoms with E-state index in [0.29, 0.717) is 5.88 Å². The van der Waals surface area contributed by atoms with E-state index in [2.05, 4.69) is 35.5 Å². The number of aromatic nitrogens is 1. The molecule has 0 aliphatic rings. The number of alkyl halides is 1. The van der Waals surface area contributed by atoms with Gasteiger partial charge in [-0.15, -0.1) is 11.6 Å². The smallest absolute Gasteiger partial charge is 0.0483 e. The minimum Gasteiger partial charge on any atom is -0.343 e. The highest BCUT2D eigenvalue weighted by Crippen LogP contribution is 2.16. The van der Waals surface area contributed by atoms with E-state index in [1.165, 1.54) is 10.9 Å². The number of rotatable bonds is 3. The molecule has 2 heteroatoms. The zero-order valence-electron chi connectivity index (χ0n) is 7.91. The van der Waals surface area contributed by atoms with Gasteiger partial charge in [0.2, 0.25) is 0 Å². The van der Waals surface area contributed by atoms with E-state index in [-0.39, 0.29) is 0 Å². The fourth-order valence-corrected chi connectivity index (χ4v) is 1.65. The van der Waals surface area contributed by atoms with Crippen molar-refractivity contribution in [3.63, 3.8) is 0 Å². The van der Waals surface area contributed by atoms with Crippen molar-refractivity contribution in [3.05, 3.63) is 48.7 Å². The summed E-state index contributed by atoms with van der Waals surface area (Å²) in [5, 5.41) is 1.26. The fourth-order valence-electron chi connectivity index (χ4n) is 1.56. The molecule has 0 amide bonds. The molecule has 14 heavy (non-hydrogen) atoms. The second-order valence-electron chi connectivity index (χ2n) is 3.39. The molecule has 0 bridgehead atoms. The van der Waals surface area contributed by atoms with E-state index in [1.807, 2.05) is 12.1 Å². The van der Waals surface area contributed by atoms with Crippen molar-refractivity contribution in [1.29, 1.82) is 0 Å². The average molecular weight is 206 g/mol. The van der Waals surface area contributed by atoms with Crippen LogP contribution >= 0.6 is 11.6 Å². The Balaban J connectivity index is 2.38. The van der Waals surface area contributed by atoms with Crippen molar-refractivity contribution in [2.45, 2.75) is 6.54 Å². The first-order valence-electron chi connectivity index (χ1n) is 4.58. The van der Waals surface area contributed by atoms with Crippen LogP contribution in [0.4, 0.5) is 0 Å². The first-order chi connectivity index (χ1) is 6.81. The van der Waals surface area contributed by atoms with Crippen LogP contribution in [-0.4, -0.2) is 10.4 Å². The standard InChI is InChI=1S/C12H12ClN/c1-10(8-13)9-14-7-6-11-4-2-3-5-12(11)14/h2-7H,1,8-9H2. The molecule has 0 N–H and O–H groups in total. The van der Waals surface area contributed by atoms with Gasteiger partial charge in [0.25, 0.3) is 0 Å². The fraction of sp³-hybridized carbons (Fsp3) is 0.167. The van der Waals surface area contributed by atoms with Crippen molar-refractivity contribution in [1.82, 2.24) is 4.57 Å². The monoisotopic (exact) mass is 205 g/mol. The molecule has 0 radical (unpaired) electrons. The molecular formula is C12H12ClN. The first kappa shape index (κ1) is 9.35. The van der Waals surface area contributed by atoms with Crippen LogP contribution in [0.15, 0.2) is 48.7 Å². The van der Waals surface area contributed by atoms with Crippen LogP contribution < -0.4 is 0 Å². The Labute approximate surface area is 88.6 Å². The van der Waals surface area contributed by atoms with Crippen LogP contribution in [0.2, 0.25) is 0 Å². The minimum atomic E-state index is 0.520. The zero-order chi connectivity index (χ0) is 9.97. The summed E-state index contributed by atoms with van der Waals surface area (Å²) in [5.41, 5.74) is 2.27. The molecule has 1 heterocycles. The minimum absolute atomic E-state index is 0.520. The predicted molar refractivity (Wildman–Crippen MR) is 61.8 cm³/mol. The topological polar surface area (TPSA) is 4.93 Å². The molecule has 1 aromatic carbocycles. The maximum atomic E-state index is 5.71. The van der Waals surface area contributed by atoms with Gasteiger partial charge in [0.1, 0.15) is 0 Å². The molecular weight excluding hydrogens is 194 g/mol. The molecule has 0 spiro atoms. The van der Waals surface area contributed by atoms with Gasteiger partial charge in [0.15, 0.2) is 0 Å². The van der Waals surface area contributed by atoms with E-state index in [9.17, 15) is 0 Å². The highest BCUT2D eigenvalue weighted by molar-refractivity contribution is 6.19. The van der Waals surface area contributed by atoms with E-state index in [0.717, 1.165) is 12.1 Å². The molecule has 0 aliphatic heterocycles. The number of benzene rings is 1. The van der Waals surface area contributed by atoms with Gasteiger partial charge in [0.05, 0.1) is 0 Å². The molecule has 0 fully saturated rings. The molecule has 2 rings (SSSR count). The number of fused-ring (bicyclic) bond motifs is 1. The Kier molecular flexibility index (Phi) is 2.60. The normalized spacial score (nSPS) is 10.6. The third-order valence-corrected chi connectivity index (χ3v) is 2.64.